The van der Waals surface area contributed by atoms with Crippen LogP contribution in [0.4, 0.5) is 10.1 Å². The number of hydrogen-bond donors (Lipinski definition) is 2. The lowest BCUT2D eigenvalue weighted by atomic mass is 9.87. The molecule has 0 spiro atoms. The van der Waals surface area contributed by atoms with Crippen molar-refractivity contribution in [1.82, 2.24) is 5.32 Å². The number of halogens is 1. The second kappa shape index (κ2) is 10.1. The molecule has 2 atom stereocenters. The Bertz CT molecular complexity index is 948. The zero-order valence-corrected chi connectivity index (χ0v) is 16.0. The molecule has 0 aliphatic heterocycles. The number of non-ortho nitro benzene ring substituents is 1. The van der Waals surface area contributed by atoms with Crippen LogP contribution >= 0.6 is 0 Å². The molecule has 0 unspecified atom stereocenters. The van der Waals surface area contributed by atoms with Crippen molar-refractivity contribution in [2.24, 2.45) is 5.73 Å². The molecule has 0 aliphatic carbocycles. The lowest BCUT2D eigenvalue weighted by molar-refractivity contribution is -0.384. The third-order valence-electron chi connectivity index (χ3n) is 4.31. The average Bonchev–Trinajstić information content (AvgIpc) is 2.70. The summed E-state index contributed by atoms with van der Waals surface area (Å²) in [7, 11) is 0. The number of primary amides is 1. The fourth-order valence-electron chi connectivity index (χ4n) is 2.90. The van der Waals surface area contributed by atoms with Gasteiger partial charge in [0.05, 0.1) is 18.0 Å². The number of carbonyl (C=O) groups is 3. The number of rotatable bonds is 9. The van der Waals surface area contributed by atoms with Gasteiger partial charge >= 0.3 is 5.97 Å². The van der Waals surface area contributed by atoms with Gasteiger partial charge in [-0.1, -0.05) is 18.2 Å². The highest BCUT2D eigenvalue weighted by molar-refractivity contribution is 5.97. The van der Waals surface area contributed by atoms with Gasteiger partial charge in [-0.2, -0.15) is 0 Å². The van der Waals surface area contributed by atoms with E-state index in [4.69, 9.17) is 10.5 Å². The molecule has 0 heterocycles. The van der Waals surface area contributed by atoms with Gasteiger partial charge in [0.15, 0.2) is 0 Å². The zero-order valence-electron chi connectivity index (χ0n) is 16.0. The Labute approximate surface area is 171 Å². The lowest BCUT2D eigenvalue weighted by Crippen LogP contribution is -2.48. The van der Waals surface area contributed by atoms with Crippen molar-refractivity contribution in [2.75, 3.05) is 6.61 Å². The standard InChI is InChI=1S/C20H20FN3O6/c1-2-30-17(25)11-16(12-6-8-15(9-7-12)24(28)29)18(19(22)26)23-20(27)13-4-3-5-14(21)10-13/h3-10,16,18H,2,11H2,1H3,(H2,22,26)(H,23,27)/t16-,18-/m1/s1. The number of nitrogens with zero attached hydrogens (tertiary/aromatic N) is 1. The number of nitrogens with one attached hydrogen (secondary N) is 1. The molecule has 0 aromatic heterocycles. The summed E-state index contributed by atoms with van der Waals surface area (Å²) in [6.07, 6.45) is -0.317. The van der Waals surface area contributed by atoms with E-state index in [2.05, 4.69) is 5.32 Å². The monoisotopic (exact) mass is 417 g/mol. The van der Waals surface area contributed by atoms with Crippen LogP contribution in [0.1, 0.15) is 35.2 Å². The highest BCUT2D eigenvalue weighted by atomic mass is 19.1. The Morgan fingerprint density at radius 2 is 1.87 bits per heavy atom. The van der Waals surface area contributed by atoms with Crippen molar-refractivity contribution in [3.63, 3.8) is 0 Å². The minimum atomic E-state index is -1.35. The number of nitro benzene ring substituents is 1. The number of benzene rings is 2. The van der Waals surface area contributed by atoms with Gasteiger partial charge in [0.2, 0.25) is 5.91 Å². The van der Waals surface area contributed by atoms with Gasteiger partial charge in [-0.05, 0) is 30.7 Å². The van der Waals surface area contributed by atoms with Crippen molar-refractivity contribution in [1.29, 1.82) is 0 Å². The third kappa shape index (κ3) is 5.84. The first-order chi connectivity index (χ1) is 14.2. The first-order valence-electron chi connectivity index (χ1n) is 8.98. The van der Waals surface area contributed by atoms with Crippen LogP contribution in [0.3, 0.4) is 0 Å². The van der Waals surface area contributed by atoms with Gasteiger partial charge in [0.1, 0.15) is 11.9 Å². The summed E-state index contributed by atoms with van der Waals surface area (Å²) in [6.45, 7) is 1.71. The number of nitro groups is 1. The molecule has 0 saturated heterocycles. The van der Waals surface area contributed by atoms with Crippen molar-refractivity contribution in [3.05, 3.63) is 75.6 Å². The molecular formula is C20H20FN3O6. The van der Waals surface area contributed by atoms with Crippen molar-refractivity contribution < 1.29 is 28.4 Å². The van der Waals surface area contributed by atoms with Gasteiger partial charge in [-0.15, -0.1) is 0 Å². The first kappa shape index (κ1) is 22.5. The zero-order chi connectivity index (χ0) is 22.3. The summed E-state index contributed by atoms with van der Waals surface area (Å²) in [6, 6.07) is 8.62. The Morgan fingerprint density at radius 3 is 2.40 bits per heavy atom. The molecule has 2 rings (SSSR count). The molecule has 0 bridgehead atoms. The molecule has 158 valence electrons. The average molecular weight is 417 g/mol. The smallest absolute Gasteiger partial charge is 0.306 e. The lowest BCUT2D eigenvalue weighted by Gasteiger charge is -2.25. The predicted octanol–water partition coefficient (Wildman–Crippen LogP) is 2.05. The molecule has 2 amide bonds. The summed E-state index contributed by atoms with van der Waals surface area (Å²) in [5, 5.41) is 13.3. The SMILES string of the molecule is CCOC(=O)C[C@H](c1ccc([N+](=O)[O-])cc1)[C@@H](NC(=O)c1cccc(F)c1)C(N)=O. The molecule has 10 heteroatoms. The number of ether oxygens (including phenoxy) is 1. The van der Waals surface area contributed by atoms with Gasteiger partial charge in [-0.3, -0.25) is 24.5 Å². The van der Waals surface area contributed by atoms with E-state index in [1.807, 2.05) is 0 Å². The fraction of sp³-hybridized carbons (Fsp3) is 0.250. The number of carbonyl (C=O) groups excluding carboxylic acids is 3. The first-order valence-corrected chi connectivity index (χ1v) is 8.98. The van der Waals surface area contributed by atoms with E-state index in [0.717, 1.165) is 12.1 Å². The molecule has 0 radical (unpaired) electrons. The van der Waals surface area contributed by atoms with Crippen LogP contribution in [0.25, 0.3) is 0 Å². The molecule has 30 heavy (non-hydrogen) atoms. The van der Waals surface area contributed by atoms with E-state index >= 15 is 0 Å². The predicted molar refractivity (Wildman–Crippen MR) is 104 cm³/mol. The summed E-state index contributed by atoms with van der Waals surface area (Å²) in [4.78, 5) is 47.0. The maximum absolute atomic E-state index is 13.4. The third-order valence-corrected chi connectivity index (χ3v) is 4.31. The van der Waals surface area contributed by atoms with E-state index < -0.39 is 40.5 Å². The molecule has 2 aromatic carbocycles. The van der Waals surface area contributed by atoms with Crippen LogP contribution in [-0.4, -0.2) is 35.4 Å². The summed E-state index contributed by atoms with van der Waals surface area (Å²) in [5.74, 6) is -3.95. The molecular weight excluding hydrogens is 397 g/mol. The van der Waals surface area contributed by atoms with Gasteiger partial charge in [0, 0.05) is 23.6 Å². The number of esters is 1. The van der Waals surface area contributed by atoms with Gasteiger partial charge in [-0.25, -0.2) is 4.39 Å². The summed E-state index contributed by atoms with van der Waals surface area (Å²) >= 11 is 0. The Morgan fingerprint density at radius 1 is 1.20 bits per heavy atom. The number of nitrogens with two attached hydrogens (primary N) is 1. The molecule has 0 aliphatic rings. The maximum atomic E-state index is 13.4. The molecule has 9 nitrogen and oxygen atoms in total. The van der Waals surface area contributed by atoms with Crippen LogP contribution < -0.4 is 11.1 Å². The van der Waals surface area contributed by atoms with Crippen LogP contribution in [0, 0.1) is 15.9 Å². The van der Waals surface area contributed by atoms with E-state index in [1.54, 1.807) is 6.92 Å². The largest absolute Gasteiger partial charge is 0.466 e. The van der Waals surface area contributed by atoms with Crippen LogP contribution in [0.2, 0.25) is 0 Å². The topological polar surface area (TPSA) is 142 Å². The normalized spacial score (nSPS) is 12.5. The highest BCUT2D eigenvalue weighted by Crippen LogP contribution is 2.27. The number of hydrogen-bond acceptors (Lipinski definition) is 6. The van der Waals surface area contributed by atoms with Gasteiger partial charge in [0.25, 0.3) is 11.6 Å². The Kier molecular flexibility index (Phi) is 7.56. The van der Waals surface area contributed by atoms with Crippen molar-refractivity contribution >= 4 is 23.5 Å². The minimum absolute atomic E-state index is 0.0418. The minimum Gasteiger partial charge on any atom is -0.466 e. The van der Waals surface area contributed by atoms with Crippen molar-refractivity contribution in [3.8, 4) is 0 Å². The van der Waals surface area contributed by atoms with E-state index in [0.29, 0.717) is 5.56 Å². The number of amides is 2. The van der Waals surface area contributed by atoms with E-state index in [1.165, 1.54) is 36.4 Å². The molecule has 0 fully saturated rings. The molecule has 0 saturated carbocycles. The second-order valence-corrected chi connectivity index (χ2v) is 6.33. The quantitative estimate of drug-likeness (QED) is 0.363. The summed E-state index contributed by atoms with van der Waals surface area (Å²) in [5.41, 5.74) is 5.60. The Balaban J connectivity index is 2.38. The van der Waals surface area contributed by atoms with Crippen molar-refractivity contribution in [2.45, 2.75) is 25.3 Å². The van der Waals surface area contributed by atoms with Crippen LogP contribution in [0.5, 0.6) is 0 Å². The van der Waals surface area contributed by atoms with Crippen LogP contribution in [0.15, 0.2) is 48.5 Å². The highest BCUT2D eigenvalue weighted by Gasteiger charge is 2.32. The fourth-order valence-corrected chi connectivity index (χ4v) is 2.90. The Hall–Kier alpha value is -3.82. The second-order valence-electron chi connectivity index (χ2n) is 6.33. The maximum Gasteiger partial charge on any atom is 0.306 e. The van der Waals surface area contributed by atoms with Crippen LogP contribution in [-0.2, 0) is 14.3 Å². The molecule has 3 N–H and O–H groups in total. The van der Waals surface area contributed by atoms with E-state index in [-0.39, 0.29) is 24.3 Å². The van der Waals surface area contributed by atoms with E-state index in [9.17, 15) is 28.9 Å². The van der Waals surface area contributed by atoms with Gasteiger partial charge < -0.3 is 15.8 Å². The summed E-state index contributed by atoms with van der Waals surface area (Å²) < 4.78 is 18.3. The molecule has 2 aromatic rings.